The van der Waals surface area contributed by atoms with Crippen LogP contribution in [-0.2, 0) is 6.54 Å². The van der Waals surface area contributed by atoms with Gasteiger partial charge in [0.1, 0.15) is 0 Å². The Kier molecular flexibility index (Phi) is 3.76. The van der Waals surface area contributed by atoms with Crippen LogP contribution in [-0.4, -0.2) is 24.8 Å². The molecule has 2 atom stereocenters. The van der Waals surface area contributed by atoms with E-state index in [1.165, 1.54) is 0 Å². The van der Waals surface area contributed by atoms with Crippen LogP contribution < -0.4 is 5.73 Å². The lowest BCUT2D eigenvalue weighted by atomic mass is 10.3. The summed E-state index contributed by atoms with van der Waals surface area (Å²) < 4.78 is 3.75. The Bertz CT molecular complexity index is 498. The van der Waals surface area contributed by atoms with E-state index in [1.54, 1.807) is 4.68 Å². The molecule has 0 saturated heterocycles. The van der Waals surface area contributed by atoms with Gasteiger partial charge in [-0.25, -0.2) is 4.68 Å². The fourth-order valence-corrected chi connectivity index (χ4v) is 1.66. The van der Waals surface area contributed by atoms with Gasteiger partial charge in [-0.05, 0) is 26.3 Å². The summed E-state index contributed by atoms with van der Waals surface area (Å²) in [5, 5.41) is 12.6. The normalized spacial score (nSPS) is 14.7. The molecule has 98 valence electrons. The molecule has 0 bridgehead atoms. The lowest BCUT2D eigenvalue weighted by Crippen LogP contribution is -2.07. The molecule has 0 aromatic carbocycles. The second-order valence-corrected chi connectivity index (χ2v) is 4.67. The van der Waals surface area contributed by atoms with Gasteiger partial charge in [0.25, 0.3) is 0 Å². The summed E-state index contributed by atoms with van der Waals surface area (Å²) in [6.45, 7) is 6.83. The van der Waals surface area contributed by atoms with Gasteiger partial charge in [-0.15, -0.1) is 5.10 Å². The molecule has 0 saturated carbocycles. The Morgan fingerprint density at radius 1 is 1.39 bits per heavy atom. The zero-order valence-electron chi connectivity index (χ0n) is 11.1. The molecule has 6 nitrogen and oxygen atoms in total. The molecule has 0 amide bonds. The van der Waals surface area contributed by atoms with Crippen LogP contribution in [0.1, 0.15) is 50.7 Å². The first-order chi connectivity index (χ1) is 8.60. The van der Waals surface area contributed by atoms with Gasteiger partial charge in [0.15, 0.2) is 0 Å². The Balaban J connectivity index is 2.06. The Hall–Kier alpha value is -1.69. The van der Waals surface area contributed by atoms with Crippen LogP contribution in [0.25, 0.3) is 0 Å². The minimum Gasteiger partial charge on any atom is -0.323 e. The lowest BCUT2D eigenvalue weighted by molar-refractivity contribution is 0.470. The van der Waals surface area contributed by atoms with Crippen LogP contribution in [0, 0.1) is 0 Å². The third kappa shape index (κ3) is 2.76. The molecule has 0 aliphatic rings. The maximum absolute atomic E-state index is 5.75. The third-order valence-corrected chi connectivity index (χ3v) is 3.05. The SMILES string of the molecule is CCC(C)n1ccc(Cn2cc(C(C)N)nn2)n1. The summed E-state index contributed by atoms with van der Waals surface area (Å²) in [4.78, 5) is 0. The summed E-state index contributed by atoms with van der Waals surface area (Å²) >= 11 is 0. The average molecular weight is 248 g/mol. The number of rotatable bonds is 5. The molecule has 0 aliphatic heterocycles. The standard InChI is InChI=1S/C12H20N6/c1-4-9(2)18-6-5-11(15-18)7-17-8-12(10(3)13)14-16-17/h5-6,8-10H,4,7,13H2,1-3H3. The molecule has 2 rings (SSSR count). The summed E-state index contributed by atoms with van der Waals surface area (Å²) in [7, 11) is 0. The summed E-state index contributed by atoms with van der Waals surface area (Å²) in [6, 6.07) is 2.35. The van der Waals surface area contributed by atoms with Crippen LogP contribution in [0.4, 0.5) is 0 Å². The van der Waals surface area contributed by atoms with E-state index in [2.05, 4.69) is 29.3 Å². The second kappa shape index (κ2) is 5.30. The summed E-state index contributed by atoms with van der Waals surface area (Å²) in [5.41, 5.74) is 7.53. The van der Waals surface area contributed by atoms with E-state index in [0.29, 0.717) is 12.6 Å². The van der Waals surface area contributed by atoms with Crippen molar-refractivity contribution in [1.82, 2.24) is 24.8 Å². The van der Waals surface area contributed by atoms with Crippen molar-refractivity contribution in [3.63, 3.8) is 0 Å². The van der Waals surface area contributed by atoms with Crippen molar-refractivity contribution in [2.24, 2.45) is 5.73 Å². The first-order valence-corrected chi connectivity index (χ1v) is 6.29. The van der Waals surface area contributed by atoms with Gasteiger partial charge in [-0.2, -0.15) is 5.10 Å². The fourth-order valence-electron chi connectivity index (χ4n) is 1.66. The zero-order valence-corrected chi connectivity index (χ0v) is 11.1. The predicted octanol–water partition coefficient (Wildman–Crippen LogP) is 1.51. The van der Waals surface area contributed by atoms with E-state index in [0.717, 1.165) is 17.8 Å². The first kappa shape index (κ1) is 12.8. The van der Waals surface area contributed by atoms with E-state index < -0.39 is 0 Å². The van der Waals surface area contributed by atoms with Crippen molar-refractivity contribution in [2.75, 3.05) is 0 Å². The van der Waals surface area contributed by atoms with Gasteiger partial charge in [-0.1, -0.05) is 12.1 Å². The first-order valence-electron chi connectivity index (χ1n) is 6.29. The quantitative estimate of drug-likeness (QED) is 0.870. The van der Waals surface area contributed by atoms with Crippen LogP contribution in [0.5, 0.6) is 0 Å². The van der Waals surface area contributed by atoms with E-state index in [4.69, 9.17) is 5.73 Å². The topological polar surface area (TPSA) is 74.5 Å². The molecule has 0 aliphatic carbocycles. The van der Waals surface area contributed by atoms with E-state index in [-0.39, 0.29) is 6.04 Å². The maximum atomic E-state index is 5.75. The smallest absolute Gasteiger partial charge is 0.0991 e. The van der Waals surface area contributed by atoms with Crippen molar-refractivity contribution >= 4 is 0 Å². The Morgan fingerprint density at radius 2 is 2.17 bits per heavy atom. The lowest BCUT2D eigenvalue weighted by Gasteiger charge is -2.07. The van der Waals surface area contributed by atoms with Crippen LogP contribution in [0.3, 0.4) is 0 Å². The molecule has 0 spiro atoms. The summed E-state index contributed by atoms with van der Waals surface area (Å²) in [5.74, 6) is 0. The summed E-state index contributed by atoms with van der Waals surface area (Å²) in [6.07, 6.45) is 4.94. The Labute approximate surface area is 107 Å². The molecule has 0 fully saturated rings. The minimum absolute atomic E-state index is 0.0866. The highest BCUT2D eigenvalue weighted by atomic mass is 15.4. The molecule has 2 heterocycles. The van der Waals surface area contributed by atoms with Crippen LogP contribution in [0.2, 0.25) is 0 Å². The second-order valence-electron chi connectivity index (χ2n) is 4.67. The number of aromatic nitrogens is 5. The van der Waals surface area contributed by atoms with Gasteiger partial charge < -0.3 is 5.73 Å². The van der Waals surface area contributed by atoms with Crippen molar-refractivity contribution in [1.29, 1.82) is 0 Å². The van der Waals surface area contributed by atoms with E-state index in [9.17, 15) is 0 Å². The molecule has 2 aromatic heterocycles. The third-order valence-electron chi connectivity index (χ3n) is 3.05. The number of hydrogen-bond acceptors (Lipinski definition) is 4. The minimum atomic E-state index is -0.0866. The zero-order chi connectivity index (χ0) is 13.1. The van der Waals surface area contributed by atoms with Gasteiger partial charge in [-0.3, -0.25) is 4.68 Å². The predicted molar refractivity (Wildman–Crippen MR) is 69.0 cm³/mol. The molecule has 2 aromatic rings. The van der Waals surface area contributed by atoms with Crippen molar-refractivity contribution in [2.45, 2.75) is 45.8 Å². The molecule has 2 unspecified atom stereocenters. The largest absolute Gasteiger partial charge is 0.323 e. The maximum Gasteiger partial charge on any atom is 0.0991 e. The van der Waals surface area contributed by atoms with Gasteiger partial charge in [0.05, 0.1) is 24.1 Å². The number of nitrogens with two attached hydrogens (primary N) is 1. The molecule has 0 radical (unpaired) electrons. The molecule has 2 N–H and O–H groups in total. The highest BCUT2D eigenvalue weighted by molar-refractivity contribution is 5.03. The van der Waals surface area contributed by atoms with Gasteiger partial charge in [0, 0.05) is 18.3 Å². The Morgan fingerprint density at radius 3 is 2.78 bits per heavy atom. The molecular weight excluding hydrogens is 228 g/mol. The van der Waals surface area contributed by atoms with Crippen molar-refractivity contribution in [3.8, 4) is 0 Å². The monoisotopic (exact) mass is 248 g/mol. The fraction of sp³-hybridized carbons (Fsp3) is 0.583. The van der Waals surface area contributed by atoms with Crippen molar-refractivity contribution in [3.05, 3.63) is 29.8 Å². The van der Waals surface area contributed by atoms with Gasteiger partial charge >= 0.3 is 0 Å². The van der Waals surface area contributed by atoms with E-state index in [1.807, 2.05) is 30.1 Å². The number of hydrogen-bond donors (Lipinski definition) is 1. The number of nitrogens with zero attached hydrogens (tertiary/aromatic N) is 5. The highest BCUT2D eigenvalue weighted by Gasteiger charge is 2.08. The van der Waals surface area contributed by atoms with Crippen LogP contribution in [0.15, 0.2) is 18.5 Å². The molecule has 6 heteroatoms. The average Bonchev–Trinajstić information content (AvgIpc) is 2.98. The van der Waals surface area contributed by atoms with E-state index >= 15 is 0 Å². The molecular formula is C12H20N6. The highest BCUT2D eigenvalue weighted by Crippen LogP contribution is 2.10. The molecule has 18 heavy (non-hydrogen) atoms. The van der Waals surface area contributed by atoms with Crippen LogP contribution >= 0.6 is 0 Å². The van der Waals surface area contributed by atoms with Crippen molar-refractivity contribution < 1.29 is 0 Å². The van der Waals surface area contributed by atoms with Gasteiger partial charge in [0.2, 0.25) is 0 Å².